The number of aliphatic imine (C=N–C) groups is 1. The van der Waals surface area contributed by atoms with Gasteiger partial charge in [-0.1, -0.05) is 54.9 Å². The monoisotopic (exact) mass is 448 g/mol. The van der Waals surface area contributed by atoms with Gasteiger partial charge in [-0.05, 0) is 67.4 Å². The van der Waals surface area contributed by atoms with Crippen LogP contribution in [0.25, 0.3) is 0 Å². The minimum atomic E-state index is 0.591. The summed E-state index contributed by atoms with van der Waals surface area (Å²) in [5.41, 5.74) is 9.49. The van der Waals surface area contributed by atoms with Gasteiger partial charge >= 0.3 is 0 Å². The molecule has 168 valence electrons. The molecule has 0 N–H and O–H groups in total. The van der Waals surface area contributed by atoms with Crippen molar-refractivity contribution in [1.82, 2.24) is 4.90 Å². The van der Waals surface area contributed by atoms with Crippen molar-refractivity contribution in [2.45, 2.75) is 57.9 Å². The number of fused-ring (bicyclic) bond motifs is 1. The maximum absolute atomic E-state index is 6.49. The molecular formula is C28H33ClN2O. The van der Waals surface area contributed by atoms with E-state index in [1.807, 2.05) is 18.2 Å². The number of hydrogen-bond donors (Lipinski definition) is 0. The molecule has 1 atom stereocenters. The Labute approximate surface area is 197 Å². The number of aryl methyl sites for hydroxylation is 1. The summed E-state index contributed by atoms with van der Waals surface area (Å²) in [7, 11) is 0. The lowest BCUT2D eigenvalue weighted by Gasteiger charge is -2.39. The van der Waals surface area contributed by atoms with Crippen LogP contribution in [-0.4, -0.2) is 43.0 Å². The van der Waals surface area contributed by atoms with Gasteiger partial charge in [-0.3, -0.25) is 9.89 Å². The van der Waals surface area contributed by atoms with Gasteiger partial charge in [0.1, 0.15) is 0 Å². The summed E-state index contributed by atoms with van der Waals surface area (Å²) in [6, 6.07) is 15.6. The van der Waals surface area contributed by atoms with E-state index in [2.05, 4.69) is 43.0 Å². The zero-order valence-corrected chi connectivity index (χ0v) is 20.0. The van der Waals surface area contributed by atoms with Gasteiger partial charge in [-0.15, -0.1) is 0 Å². The molecule has 0 amide bonds. The maximum atomic E-state index is 6.49. The fourth-order valence-electron chi connectivity index (χ4n) is 5.40. The van der Waals surface area contributed by atoms with Crippen LogP contribution in [0.2, 0.25) is 5.02 Å². The smallest absolute Gasteiger partial charge is 0.0557 e. The van der Waals surface area contributed by atoms with Crippen molar-refractivity contribution < 1.29 is 4.74 Å². The number of ether oxygens (including phenoxy) is 1. The van der Waals surface area contributed by atoms with Gasteiger partial charge in [-0.25, -0.2) is 0 Å². The Hall–Kier alpha value is -1.94. The number of nitrogens with zero attached hydrogens (tertiary/aromatic N) is 2. The summed E-state index contributed by atoms with van der Waals surface area (Å²) >= 11 is 6.49. The van der Waals surface area contributed by atoms with Gasteiger partial charge in [0.2, 0.25) is 0 Å². The van der Waals surface area contributed by atoms with E-state index >= 15 is 0 Å². The lowest BCUT2D eigenvalue weighted by atomic mass is 9.80. The Morgan fingerprint density at radius 3 is 2.72 bits per heavy atom. The first-order valence-corrected chi connectivity index (χ1v) is 12.5. The third kappa shape index (κ3) is 4.31. The van der Waals surface area contributed by atoms with Crippen molar-refractivity contribution in [2.24, 2.45) is 4.99 Å². The number of halogens is 1. The molecule has 0 bridgehead atoms. The topological polar surface area (TPSA) is 24.8 Å². The summed E-state index contributed by atoms with van der Waals surface area (Å²) in [4.78, 5) is 7.86. The summed E-state index contributed by atoms with van der Waals surface area (Å²) < 4.78 is 5.50. The third-order valence-corrected chi connectivity index (χ3v) is 7.83. The van der Waals surface area contributed by atoms with Gasteiger partial charge in [0.25, 0.3) is 0 Å². The summed E-state index contributed by atoms with van der Waals surface area (Å²) in [6.45, 7) is 8.26. The van der Waals surface area contributed by atoms with Crippen LogP contribution in [0.4, 0.5) is 0 Å². The predicted molar refractivity (Wildman–Crippen MR) is 133 cm³/mol. The quantitative estimate of drug-likeness (QED) is 0.509. The zero-order valence-electron chi connectivity index (χ0n) is 19.2. The van der Waals surface area contributed by atoms with Crippen LogP contribution in [0.1, 0.15) is 61.3 Å². The van der Waals surface area contributed by atoms with Gasteiger partial charge in [-0.2, -0.15) is 0 Å². The molecule has 4 heteroatoms. The highest BCUT2D eigenvalue weighted by Gasteiger charge is 2.31. The Morgan fingerprint density at radius 1 is 1.12 bits per heavy atom. The minimum Gasteiger partial charge on any atom is -0.380 e. The van der Waals surface area contributed by atoms with Crippen molar-refractivity contribution in [1.29, 1.82) is 0 Å². The first-order valence-electron chi connectivity index (χ1n) is 12.1. The summed E-state index contributed by atoms with van der Waals surface area (Å²) in [5.74, 6) is 0.593. The Kier molecular flexibility index (Phi) is 6.50. The van der Waals surface area contributed by atoms with Crippen molar-refractivity contribution in [3.05, 3.63) is 81.0 Å². The standard InChI is InChI=1S/C28H33ClN2O/c1-3-27(24-8-4-5-10-26(24)29)30-28-16-31(14-13-19(28)2)22-12-11-20-7-6-9-23(25(20)15-22)21-17-32-18-21/h4-10,21-22H,3,11-18H2,1-2H3. The Bertz CT molecular complexity index is 1050. The van der Waals surface area contributed by atoms with Crippen LogP contribution < -0.4 is 0 Å². The van der Waals surface area contributed by atoms with Crippen molar-refractivity contribution in [3.8, 4) is 0 Å². The molecule has 1 unspecified atom stereocenters. The highest BCUT2D eigenvalue weighted by molar-refractivity contribution is 6.34. The normalized spacial score (nSPS) is 22.6. The zero-order chi connectivity index (χ0) is 22.1. The highest BCUT2D eigenvalue weighted by Crippen LogP contribution is 2.35. The molecule has 2 aliphatic heterocycles. The molecule has 0 saturated carbocycles. The number of rotatable bonds is 5. The summed E-state index contributed by atoms with van der Waals surface area (Å²) in [5, 5.41) is 0.787. The lowest BCUT2D eigenvalue weighted by Crippen LogP contribution is -2.43. The van der Waals surface area contributed by atoms with Crippen molar-refractivity contribution in [2.75, 3.05) is 26.3 Å². The van der Waals surface area contributed by atoms with E-state index < -0.39 is 0 Å². The van der Waals surface area contributed by atoms with E-state index in [1.54, 1.807) is 11.1 Å². The van der Waals surface area contributed by atoms with Crippen molar-refractivity contribution in [3.63, 3.8) is 0 Å². The molecule has 1 fully saturated rings. The van der Waals surface area contributed by atoms with E-state index in [4.69, 9.17) is 21.3 Å². The molecule has 5 rings (SSSR count). The van der Waals surface area contributed by atoms with Gasteiger partial charge in [0, 0.05) is 41.3 Å². The maximum Gasteiger partial charge on any atom is 0.0557 e. The van der Waals surface area contributed by atoms with Crippen LogP contribution in [0, 0.1) is 0 Å². The van der Waals surface area contributed by atoms with Gasteiger partial charge in [0.05, 0.1) is 18.9 Å². The van der Waals surface area contributed by atoms with Crippen LogP contribution >= 0.6 is 11.6 Å². The molecule has 3 nitrogen and oxygen atoms in total. The fraction of sp³-hybridized carbons (Fsp3) is 0.464. The first kappa shape index (κ1) is 21.9. The average molecular weight is 449 g/mol. The van der Waals surface area contributed by atoms with Crippen LogP contribution in [0.15, 0.2) is 58.7 Å². The van der Waals surface area contributed by atoms with E-state index in [9.17, 15) is 0 Å². The molecule has 0 aromatic heterocycles. The molecule has 1 aliphatic carbocycles. The van der Waals surface area contributed by atoms with Crippen LogP contribution in [0.3, 0.4) is 0 Å². The van der Waals surface area contributed by atoms with Crippen LogP contribution in [-0.2, 0) is 17.6 Å². The molecule has 2 aromatic carbocycles. The summed E-state index contributed by atoms with van der Waals surface area (Å²) in [6.07, 6.45) is 5.55. The Morgan fingerprint density at radius 2 is 1.97 bits per heavy atom. The molecule has 32 heavy (non-hydrogen) atoms. The largest absolute Gasteiger partial charge is 0.380 e. The average Bonchev–Trinajstić information content (AvgIpc) is 2.78. The second kappa shape index (κ2) is 9.51. The van der Waals surface area contributed by atoms with E-state index in [-0.39, 0.29) is 0 Å². The number of hydrogen-bond acceptors (Lipinski definition) is 3. The first-order chi connectivity index (χ1) is 15.6. The van der Waals surface area contributed by atoms with Crippen LogP contribution in [0.5, 0.6) is 0 Å². The predicted octanol–water partition coefficient (Wildman–Crippen LogP) is 6.19. The minimum absolute atomic E-state index is 0.591. The van der Waals surface area contributed by atoms with E-state index in [0.717, 1.165) is 61.9 Å². The molecule has 0 radical (unpaired) electrons. The van der Waals surface area contributed by atoms with Crippen molar-refractivity contribution >= 4 is 17.3 Å². The second-order valence-corrected chi connectivity index (χ2v) is 9.86. The molecule has 3 aliphatic rings. The van der Waals surface area contributed by atoms with Gasteiger partial charge < -0.3 is 4.74 Å². The van der Waals surface area contributed by atoms with Gasteiger partial charge in [0.15, 0.2) is 0 Å². The van der Waals surface area contributed by atoms with E-state index in [1.165, 1.54) is 29.7 Å². The third-order valence-electron chi connectivity index (χ3n) is 7.50. The second-order valence-electron chi connectivity index (χ2n) is 9.46. The highest BCUT2D eigenvalue weighted by atomic mass is 35.5. The molecule has 2 heterocycles. The fourth-order valence-corrected chi connectivity index (χ4v) is 5.64. The molecule has 1 saturated heterocycles. The van der Waals surface area contributed by atoms with E-state index in [0.29, 0.717) is 12.0 Å². The SMILES string of the molecule is CCC(=NC1=C(C)CCN(C2CCc3cccc(C4COC4)c3C2)C1)c1ccccc1Cl. The molecule has 0 spiro atoms. The number of benzene rings is 2. The molecular weight excluding hydrogens is 416 g/mol. The lowest BCUT2D eigenvalue weighted by molar-refractivity contribution is 0.00782. The molecule has 2 aromatic rings. The Balaban J connectivity index is 1.37.